The summed E-state index contributed by atoms with van der Waals surface area (Å²) in [5.41, 5.74) is 0.514. The van der Waals surface area contributed by atoms with Gasteiger partial charge in [0.15, 0.2) is 0 Å². The Labute approximate surface area is 68.0 Å². The van der Waals surface area contributed by atoms with Crippen LogP contribution >= 0.6 is 0 Å². The highest BCUT2D eigenvalue weighted by Gasteiger charge is 2.38. The Morgan fingerprint density at radius 2 is 2.08 bits per heavy atom. The molecule has 1 aromatic rings. The molecular weight excluding hydrogens is 169 g/mol. The van der Waals surface area contributed by atoms with Crippen LogP contribution in [0.1, 0.15) is 18.7 Å². The molecule has 0 amide bonds. The van der Waals surface area contributed by atoms with E-state index < -0.39 is 12.2 Å². The monoisotopic (exact) mass is 178 g/mol. The number of hydrogen-bond acceptors (Lipinski definition) is 1. The Bertz CT molecular complexity index is 264. The standard InChI is InChI=1S/C7H9F3N2/c1-5-3-4-11-12(5)6(2)7(8,9)10/h3-4,6H,1-2H3. The zero-order valence-corrected chi connectivity index (χ0v) is 6.76. The lowest BCUT2D eigenvalue weighted by Crippen LogP contribution is -2.25. The molecule has 0 aliphatic carbocycles. The van der Waals surface area contributed by atoms with Crippen LogP contribution in [0.15, 0.2) is 12.3 Å². The Morgan fingerprint density at radius 3 is 2.42 bits per heavy atom. The summed E-state index contributed by atoms with van der Waals surface area (Å²) in [6, 6.07) is -0.00472. The molecule has 0 saturated heterocycles. The molecule has 12 heavy (non-hydrogen) atoms. The first-order chi connectivity index (χ1) is 5.43. The van der Waals surface area contributed by atoms with Gasteiger partial charge in [-0.3, -0.25) is 4.68 Å². The fourth-order valence-electron chi connectivity index (χ4n) is 0.925. The van der Waals surface area contributed by atoms with E-state index in [2.05, 4.69) is 5.10 Å². The van der Waals surface area contributed by atoms with E-state index in [1.165, 1.54) is 6.20 Å². The van der Waals surface area contributed by atoms with Gasteiger partial charge in [-0.2, -0.15) is 18.3 Å². The van der Waals surface area contributed by atoms with E-state index >= 15 is 0 Å². The quantitative estimate of drug-likeness (QED) is 0.645. The van der Waals surface area contributed by atoms with Crippen molar-refractivity contribution in [3.63, 3.8) is 0 Å². The molecule has 1 unspecified atom stereocenters. The van der Waals surface area contributed by atoms with Crippen LogP contribution in [0.2, 0.25) is 0 Å². The Balaban J connectivity index is 2.92. The van der Waals surface area contributed by atoms with E-state index in [0.717, 1.165) is 11.6 Å². The maximum atomic E-state index is 12.1. The molecule has 0 fully saturated rings. The number of nitrogens with zero attached hydrogens (tertiary/aromatic N) is 2. The van der Waals surface area contributed by atoms with Gasteiger partial charge in [0.2, 0.25) is 0 Å². The summed E-state index contributed by atoms with van der Waals surface area (Å²) >= 11 is 0. The fraction of sp³-hybridized carbons (Fsp3) is 0.571. The van der Waals surface area contributed by atoms with Crippen molar-refractivity contribution in [2.45, 2.75) is 26.1 Å². The molecule has 1 rings (SSSR count). The molecule has 0 aliphatic heterocycles. The van der Waals surface area contributed by atoms with Crippen molar-refractivity contribution in [1.29, 1.82) is 0 Å². The van der Waals surface area contributed by atoms with Gasteiger partial charge in [0, 0.05) is 11.9 Å². The number of halogens is 3. The normalized spacial score (nSPS) is 14.8. The summed E-state index contributed by atoms with van der Waals surface area (Å²) in [6.45, 7) is 2.68. The van der Waals surface area contributed by atoms with Gasteiger partial charge >= 0.3 is 6.18 Å². The van der Waals surface area contributed by atoms with Crippen molar-refractivity contribution >= 4 is 0 Å². The first-order valence-electron chi connectivity index (χ1n) is 3.49. The van der Waals surface area contributed by atoms with Crippen molar-refractivity contribution in [2.24, 2.45) is 0 Å². The van der Waals surface area contributed by atoms with Gasteiger partial charge in [-0.15, -0.1) is 0 Å². The smallest absolute Gasteiger partial charge is 0.258 e. The Kier molecular flexibility index (Phi) is 2.12. The summed E-state index contributed by atoms with van der Waals surface area (Å²) in [7, 11) is 0. The van der Waals surface area contributed by atoms with Crippen LogP contribution < -0.4 is 0 Å². The van der Waals surface area contributed by atoms with Crippen molar-refractivity contribution in [3.05, 3.63) is 18.0 Å². The summed E-state index contributed by atoms with van der Waals surface area (Å²) in [6.07, 6.45) is -2.87. The Morgan fingerprint density at radius 1 is 1.50 bits per heavy atom. The topological polar surface area (TPSA) is 17.8 Å². The molecule has 0 spiro atoms. The van der Waals surface area contributed by atoms with Crippen LogP contribution in [0.25, 0.3) is 0 Å². The van der Waals surface area contributed by atoms with Crippen LogP contribution in [0, 0.1) is 6.92 Å². The molecule has 0 bridgehead atoms. The zero-order chi connectivity index (χ0) is 9.35. The maximum Gasteiger partial charge on any atom is 0.410 e. The highest BCUT2D eigenvalue weighted by molar-refractivity contribution is 4.98. The molecule has 0 radical (unpaired) electrons. The second-order valence-electron chi connectivity index (χ2n) is 2.63. The summed E-state index contributed by atoms with van der Waals surface area (Å²) in [4.78, 5) is 0. The largest absolute Gasteiger partial charge is 0.410 e. The predicted molar refractivity (Wildman–Crippen MR) is 37.7 cm³/mol. The van der Waals surface area contributed by atoms with Crippen molar-refractivity contribution < 1.29 is 13.2 Å². The van der Waals surface area contributed by atoms with Gasteiger partial charge in [-0.1, -0.05) is 0 Å². The lowest BCUT2D eigenvalue weighted by Gasteiger charge is -2.17. The molecule has 0 aliphatic rings. The van der Waals surface area contributed by atoms with E-state index in [4.69, 9.17) is 0 Å². The molecule has 2 nitrogen and oxygen atoms in total. The van der Waals surface area contributed by atoms with Gasteiger partial charge in [0.25, 0.3) is 0 Å². The summed E-state index contributed by atoms with van der Waals surface area (Å²) in [5, 5.41) is 3.58. The van der Waals surface area contributed by atoms with Gasteiger partial charge < -0.3 is 0 Å². The van der Waals surface area contributed by atoms with E-state index in [1.54, 1.807) is 13.0 Å². The molecule has 0 aromatic carbocycles. The van der Waals surface area contributed by atoms with Gasteiger partial charge in [-0.05, 0) is 19.9 Å². The van der Waals surface area contributed by atoms with Gasteiger partial charge in [0.05, 0.1) is 0 Å². The minimum absolute atomic E-state index is 0.514. The number of rotatable bonds is 1. The minimum atomic E-state index is -4.23. The van der Waals surface area contributed by atoms with Crippen molar-refractivity contribution in [3.8, 4) is 0 Å². The van der Waals surface area contributed by atoms with Gasteiger partial charge in [0.1, 0.15) is 6.04 Å². The molecular formula is C7H9F3N2. The molecule has 1 aromatic heterocycles. The molecule has 1 heterocycles. The third-order valence-electron chi connectivity index (χ3n) is 1.71. The molecule has 0 saturated carbocycles. The number of hydrogen-bond donors (Lipinski definition) is 0. The maximum absolute atomic E-state index is 12.1. The predicted octanol–water partition coefficient (Wildman–Crippen LogP) is 2.31. The summed E-state index contributed by atoms with van der Waals surface area (Å²) in [5.74, 6) is 0. The lowest BCUT2D eigenvalue weighted by molar-refractivity contribution is -0.165. The molecule has 1 atom stereocenters. The number of aryl methyl sites for hydroxylation is 1. The summed E-state index contributed by atoms with van der Waals surface area (Å²) < 4.78 is 37.4. The van der Waals surface area contributed by atoms with Crippen LogP contribution in [0.3, 0.4) is 0 Å². The highest BCUT2D eigenvalue weighted by atomic mass is 19.4. The van der Waals surface area contributed by atoms with Crippen LogP contribution in [0.4, 0.5) is 13.2 Å². The zero-order valence-electron chi connectivity index (χ0n) is 6.76. The SMILES string of the molecule is Cc1ccnn1C(C)C(F)(F)F. The first-order valence-corrected chi connectivity index (χ1v) is 3.49. The average molecular weight is 178 g/mol. The van der Waals surface area contributed by atoms with Crippen LogP contribution in [-0.2, 0) is 0 Å². The van der Waals surface area contributed by atoms with Crippen LogP contribution in [-0.4, -0.2) is 16.0 Å². The second-order valence-corrected chi connectivity index (χ2v) is 2.63. The van der Waals surface area contributed by atoms with Crippen molar-refractivity contribution in [2.75, 3.05) is 0 Å². The fourth-order valence-corrected chi connectivity index (χ4v) is 0.925. The van der Waals surface area contributed by atoms with E-state index in [9.17, 15) is 13.2 Å². The molecule has 5 heteroatoms. The van der Waals surface area contributed by atoms with Gasteiger partial charge in [-0.25, -0.2) is 0 Å². The molecule has 68 valence electrons. The second kappa shape index (κ2) is 2.80. The average Bonchev–Trinajstić information content (AvgIpc) is 2.31. The lowest BCUT2D eigenvalue weighted by atomic mass is 10.3. The first kappa shape index (κ1) is 9.09. The number of alkyl halides is 3. The molecule has 0 N–H and O–H groups in total. The highest BCUT2D eigenvalue weighted by Crippen LogP contribution is 2.29. The minimum Gasteiger partial charge on any atom is -0.258 e. The van der Waals surface area contributed by atoms with E-state index in [-0.39, 0.29) is 0 Å². The third kappa shape index (κ3) is 1.60. The number of aromatic nitrogens is 2. The third-order valence-corrected chi connectivity index (χ3v) is 1.71. The Hall–Kier alpha value is -1.00. The van der Waals surface area contributed by atoms with E-state index in [0.29, 0.717) is 5.69 Å². The van der Waals surface area contributed by atoms with Crippen LogP contribution in [0.5, 0.6) is 0 Å². The van der Waals surface area contributed by atoms with E-state index in [1.807, 2.05) is 0 Å². The van der Waals surface area contributed by atoms with Crippen molar-refractivity contribution in [1.82, 2.24) is 9.78 Å².